The highest BCUT2D eigenvalue weighted by atomic mass is 19.1. The largest absolute Gasteiger partial charge is 0.352 e. The van der Waals surface area contributed by atoms with E-state index in [2.05, 4.69) is 5.32 Å². The number of carbonyl (C=O) groups is 2. The van der Waals surface area contributed by atoms with Crippen molar-refractivity contribution in [1.29, 1.82) is 0 Å². The van der Waals surface area contributed by atoms with E-state index in [1.54, 1.807) is 23.1 Å². The number of aryl methyl sites for hydroxylation is 2. The molecule has 0 aliphatic heterocycles. The zero-order chi connectivity index (χ0) is 18.4. The summed E-state index contributed by atoms with van der Waals surface area (Å²) in [7, 11) is 0. The molecule has 2 aromatic carbocycles. The molecular weight excluding hydrogens is 319 g/mol. The Morgan fingerprint density at radius 3 is 2.32 bits per heavy atom. The molecule has 2 rings (SSSR count). The topological polar surface area (TPSA) is 49.4 Å². The van der Waals surface area contributed by atoms with Gasteiger partial charge in [-0.2, -0.15) is 0 Å². The first-order chi connectivity index (χ1) is 11.9. The predicted octanol–water partition coefficient (Wildman–Crippen LogP) is 3.50. The molecule has 0 unspecified atom stereocenters. The minimum Gasteiger partial charge on any atom is -0.352 e. The van der Waals surface area contributed by atoms with Gasteiger partial charge < -0.3 is 10.2 Å². The molecule has 2 amide bonds. The minimum atomic E-state index is -0.344. The fourth-order valence-corrected chi connectivity index (χ4v) is 2.71. The smallest absolute Gasteiger partial charge is 0.223 e. The SMILES string of the molecule is CC(=O)N(CCC(=O)NCc1ccccc1F)c1cc(C)cc(C)c1. The molecule has 0 aliphatic rings. The molecule has 25 heavy (non-hydrogen) atoms. The van der Waals surface area contributed by atoms with Crippen LogP contribution in [-0.2, 0) is 16.1 Å². The van der Waals surface area contributed by atoms with Gasteiger partial charge in [-0.1, -0.05) is 24.3 Å². The van der Waals surface area contributed by atoms with Crippen LogP contribution in [0.4, 0.5) is 10.1 Å². The predicted molar refractivity (Wildman–Crippen MR) is 96.8 cm³/mol. The molecule has 0 radical (unpaired) electrons. The lowest BCUT2D eigenvalue weighted by molar-refractivity contribution is -0.121. The Morgan fingerprint density at radius 2 is 1.72 bits per heavy atom. The van der Waals surface area contributed by atoms with Gasteiger partial charge in [0, 0.05) is 37.7 Å². The lowest BCUT2D eigenvalue weighted by Crippen LogP contribution is -2.33. The van der Waals surface area contributed by atoms with Crippen LogP contribution in [0.3, 0.4) is 0 Å². The fourth-order valence-electron chi connectivity index (χ4n) is 2.71. The number of hydrogen-bond acceptors (Lipinski definition) is 2. The molecule has 0 aromatic heterocycles. The standard InChI is InChI=1S/C20H23FN2O2/c1-14-10-15(2)12-18(11-14)23(16(3)24)9-8-20(25)22-13-17-6-4-5-7-19(17)21/h4-7,10-12H,8-9,13H2,1-3H3,(H,22,25). The quantitative estimate of drug-likeness (QED) is 0.873. The zero-order valence-electron chi connectivity index (χ0n) is 14.8. The Kier molecular flexibility index (Phi) is 6.28. The number of halogens is 1. The summed E-state index contributed by atoms with van der Waals surface area (Å²) in [6.07, 6.45) is 0.154. The van der Waals surface area contributed by atoms with E-state index in [0.717, 1.165) is 16.8 Å². The van der Waals surface area contributed by atoms with Crippen LogP contribution in [0.15, 0.2) is 42.5 Å². The highest BCUT2D eigenvalue weighted by molar-refractivity contribution is 5.92. The zero-order valence-corrected chi connectivity index (χ0v) is 14.8. The van der Waals surface area contributed by atoms with E-state index in [4.69, 9.17) is 0 Å². The molecule has 0 saturated heterocycles. The maximum absolute atomic E-state index is 13.6. The van der Waals surface area contributed by atoms with Gasteiger partial charge in [0.05, 0.1) is 0 Å². The van der Waals surface area contributed by atoms with Crippen molar-refractivity contribution < 1.29 is 14.0 Å². The second kappa shape index (κ2) is 8.42. The van der Waals surface area contributed by atoms with Crippen LogP contribution in [0.1, 0.15) is 30.0 Å². The van der Waals surface area contributed by atoms with Gasteiger partial charge in [-0.15, -0.1) is 0 Å². The Hall–Kier alpha value is -2.69. The van der Waals surface area contributed by atoms with Gasteiger partial charge in [0.2, 0.25) is 11.8 Å². The summed E-state index contributed by atoms with van der Waals surface area (Å²) in [6.45, 7) is 5.83. The molecule has 1 N–H and O–H groups in total. The average Bonchev–Trinajstić information content (AvgIpc) is 2.53. The van der Waals surface area contributed by atoms with Gasteiger partial charge in [-0.25, -0.2) is 4.39 Å². The molecule has 2 aromatic rings. The van der Waals surface area contributed by atoms with Gasteiger partial charge in [-0.3, -0.25) is 9.59 Å². The third kappa shape index (κ3) is 5.41. The highest BCUT2D eigenvalue weighted by Gasteiger charge is 2.14. The molecule has 5 heteroatoms. The van der Waals surface area contributed by atoms with Crippen molar-refractivity contribution in [2.45, 2.75) is 33.7 Å². The average molecular weight is 342 g/mol. The summed E-state index contributed by atoms with van der Waals surface area (Å²) in [6, 6.07) is 12.2. The van der Waals surface area contributed by atoms with Gasteiger partial charge >= 0.3 is 0 Å². The van der Waals surface area contributed by atoms with Crippen LogP contribution >= 0.6 is 0 Å². The number of benzene rings is 2. The fraction of sp³-hybridized carbons (Fsp3) is 0.300. The monoisotopic (exact) mass is 342 g/mol. The summed E-state index contributed by atoms with van der Waals surface area (Å²) in [5.41, 5.74) is 3.34. The van der Waals surface area contributed by atoms with Gasteiger partial charge in [-0.05, 0) is 43.2 Å². The maximum Gasteiger partial charge on any atom is 0.223 e. The first-order valence-electron chi connectivity index (χ1n) is 8.23. The molecule has 0 heterocycles. The summed E-state index contributed by atoms with van der Waals surface area (Å²) in [4.78, 5) is 25.6. The van der Waals surface area contributed by atoms with Crippen LogP contribution in [0, 0.1) is 19.7 Å². The van der Waals surface area contributed by atoms with E-state index in [1.807, 2.05) is 32.0 Å². The van der Waals surface area contributed by atoms with Crippen molar-refractivity contribution in [1.82, 2.24) is 5.32 Å². The molecule has 0 aliphatic carbocycles. The van der Waals surface area contributed by atoms with E-state index in [-0.39, 0.29) is 37.1 Å². The molecule has 0 saturated carbocycles. The third-order valence-corrected chi connectivity index (χ3v) is 3.89. The molecule has 4 nitrogen and oxygen atoms in total. The Bertz CT molecular complexity index is 754. The minimum absolute atomic E-state index is 0.119. The number of hydrogen-bond donors (Lipinski definition) is 1. The molecule has 0 atom stereocenters. The van der Waals surface area contributed by atoms with Crippen molar-refractivity contribution in [3.05, 3.63) is 65.0 Å². The molecule has 0 spiro atoms. The first kappa shape index (κ1) is 18.6. The van der Waals surface area contributed by atoms with E-state index >= 15 is 0 Å². The number of rotatable bonds is 6. The van der Waals surface area contributed by atoms with Crippen molar-refractivity contribution in [2.75, 3.05) is 11.4 Å². The summed E-state index contributed by atoms with van der Waals surface area (Å²) in [5, 5.41) is 2.69. The maximum atomic E-state index is 13.6. The second-order valence-corrected chi connectivity index (χ2v) is 6.13. The van der Waals surface area contributed by atoms with Crippen LogP contribution in [0.5, 0.6) is 0 Å². The van der Waals surface area contributed by atoms with E-state index < -0.39 is 0 Å². The number of nitrogens with zero attached hydrogens (tertiary/aromatic N) is 1. The lowest BCUT2D eigenvalue weighted by atomic mass is 10.1. The second-order valence-electron chi connectivity index (χ2n) is 6.13. The third-order valence-electron chi connectivity index (χ3n) is 3.89. The van der Waals surface area contributed by atoms with Crippen LogP contribution in [0.2, 0.25) is 0 Å². The normalized spacial score (nSPS) is 10.4. The van der Waals surface area contributed by atoms with E-state index in [9.17, 15) is 14.0 Å². The van der Waals surface area contributed by atoms with Gasteiger partial charge in [0.15, 0.2) is 0 Å². The highest BCUT2D eigenvalue weighted by Crippen LogP contribution is 2.19. The lowest BCUT2D eigenvalue weighted by Gasteiger charge is -2.22. The number of amides is 2. The summed E-state index contributed by atoms with van der Waals surface area (Å²) < 4.78 is 13.6. The van der Waals surface area contributed by atoms with Crippen molar-refractivity contribution in [3.8, 4) is 0 Å². The molecule has 0 bridgehead atoms. The number of carbonyl (C=O) groups excluding carboxylic acids is 2. The van der Waals surface area contributed by atoms with Crippen LogP contribution in [0.25, 0.3) is 0 Å². The molecule has 132 valence electrons. The molecular formula is C20H23FN2O2. The van der Waals surface area contributed by atoms with Crippen molar-refractivity contribution in [2.24, 2.45) is 0 Å². The van der Waals surface area contributed by atoms with Crippen molar-refractivity contribution in [3.63, 3.8) is 0 Å². The molecule has 0 fully saturated rings. The number of nitrogens with one attached hydrogen (secondary N) is 1. The van der Waals surface area contributed by atoms with Crippen molar-refractivity contribution >= 4 is 17.5 Å². The van der Waals surface area contributed by atoms with Gasteiger partial charge in [0.1, 0.15) is 5.82 Å². The Morgan fingerprint density at radius 1 is 1.08 bits per heavy atom. The van der Waals surface area contributed by atoms with E-state index in [0.29, 0.717) is 5.56 Å². The Labute approximate surface area is 147 Å². The van der Waals surface area contributed by atoms with Crippen LogP contribution in [-0.4, -0.2) is 18.4 Å². The Balaban J connectivity index is 1.95. The first-order valence-corrected chi connectivity index (χ1v) is 8.23. The van der Waals surface area contributed by atoms with Gasteiger partial charge in [0.25, 0.3) is 0 Å². The summed E-state index contributed by atoms with van der Waals surface area (Å²) >= 11 is 0. The summed E-state index contributed by atoms with van der Waals surface area (Å²) in [5.74, 6) is -0.686. The van der Waals surface area contributed by atoms with E-state index in [1.165, 1.54) is 13.0 Å². The number of anilines is 1. The van der Waals surface area contributed by atoms with Crippen LogP contribution < -0.4 is 10.2 Å².